The van der Waals surface area contributed by atoms with Crippen LogP contribution < -0.4 is 6.25 Å². The Morgan fingerprint density at radius 2 is 0.850 bits per heavy atom. The fourth-order valence-corrected chi connectivity index (χ4v) is 15.9. The van der Waals surface area contributed by atoms with Crippen LogP contribution in [0.1, 0.15) is 33.4 Å². The topological polar surface area (TPSA) is 0 Å². The van der Waals surface area contributed by atoms with Gasteiger partial charge >= 0.3 is 135 Å². The first-order valence-electron chi connectivity index (χ1n) is 7.00. The van der Waals surface area contributed by atoms with Crippen LogP contribution in [0.25, 0.3) is 0 Å². The molecule has 1 radical (unpaired) electrons. The summed E-state index contributed by atoms with van der Waals surface area (Å²) in [4.78, 5) is 0. The minimum atomic E-state index is -2.48. The van der Waals surface area contributed by atoms with Crippen molar-refractivity contribution in [3.05, 3.63) is 57.6 Å². The van der Waals surface area contributed by atoms with Gasteiger partial charge < -0.3 is 0 Å². The first-order valence-corrected chi connectivity index (χ1v) is 15.7. The van der Waals surface area contributed by atoms with Crippen molar-refractivity contribution in [3.63, 3.8) is 0 Å². The Hall–Kier alpha value is -0.348. The predicted octanol–water partition coefficient (Wildman–Crippen LogP) is 3.88. The molecule has 0 aliphatic carbocycles. The van der Waals surface area contributed by atoms with E-state index in [4.69, 9.17) is 8.32 Å². The van der Waals surface area contributed by atoms with E-state index in [9.17, 15) is 0 Å². The van der Waals surface area contributed by atoms with E-state index >= 15 is 0 Å². The SMILES string of the molecule is Cc1cc(C)[c]([Pb]([Cl])[c]2c(C)cc(C)cc2C)c(C)c1. The van der Waals surface area contributed by atoms with Gasteiger partial charge in [-0.05, 0) is 0 Å². The molecule has 2 aromatic rings. The molecule has 0 heterocycles. The average Bonchev–Trinajstić information content (AvgIpc) is 2.25. The number of hydrogen-bond donors (Lipinski definition) is 0. The van der Waals surface area contributed by atoms with Crippen molar-refractivity contribution in [2.45, 2.75) is 41.5 Å². The summed E-state index contributed by atoms with van der Waals surface area (Å²) >= 11 is -2.48. The molecule has 0 unspecified atom stereocenters. The van der Waals surface area contributed by atoms with Gasteiger partial charge in [0.25, 0.3) is 0 Å². The molecule has 0 amide bonds. The Kier molecular flexibility index (Phi) is 4.96. The second kappa shape index (κ2) is 6.19. The summed E-state index contributed by atoms with van der Waals surface area (Å²) in [5.74, 6) is 0. The maximum absolute atomic E-state index is 7.07. The van der Waals surface area contributed by atoms with Crippen molar-refractivity contribution in [2.24, 2.45) is 0 Å². The van der Waals surface area contributed by atoms with Crippen molar-refractivity contribution < 1.29 is 0 Å². The van der Waals surface area contributed by atoms with Gasteiger partial charge in [0.1, 0.15) is 0 Å². The Morgan fingerprint density at radius 1 is 0.600 bits per heavy atom. The fraction of sp³-hybridized carbons (Fsp3) is 0.333. The van der Waals surface area contributed by atoms with E-state index in [1.54, 1.807) is 0 Å². The molecule has 0 saturated heterocycles. The van der Waals surface area contributed by atoms with Crippen molar-refractivity contribution >= 4 is 36.0 Å². The molecule has 0 saturated carbocycles. The first kappa shape index (κ1) is 16.0. The Morgan fingerprint density at radius 3 is 1.10 bits per heavy atom. The van der Waals surface area contributed by atoms with Gasteiger partial charge in [-0.2, -0.15) is 0 Å². The van der Waals surface area contributed by atoms with Crippen LogP contribution in [-0.2, 0) is 0 Å². The molecule has 0 spiro atoms. The van der Waals surface area contributed by atoms with Gasteiger partial charge in [0.2, 0.25) is 0 Å². The van der Waals surface area contributed by atoms with Crippen molar-refractivity contribution in [1.82, 2.24) is 0 Å². The third-order valence-electron chi connectivity index (χ3n) is 3.79. The second-order valence-corrected chi connectivity index (χ2v) is 15.5. The van der Waals surface area contributed by atoms with Crippen LogP contribution in [0.15, 0.2) is 24.3 Å². The Bertz CT molecular complexity index is 555. The number of hydrogen-bond acceptors (Lipinski definition) is 0. The van der Waals surface area contributed by atoms with Crippen LogP contribution in [0.3, 0.4) is 0 Å². The van der Waals surface area contributed by atoms with Crippen LogP contribution in [0, 0.1) is 41.5 Å². The van der Waals surface area contributed by atoms with Crippen LogP contribution in [0.5, 0.6) is 0 Å². The van der Waals surface area contributed by atoms with Crippen LogP contribution in [0.2, 0.25) is 0 Å². The summed E-state index contributed by atoms with van der Waals surface area (Å²) in [5.41, 5.74) is 8.16. The van der Waals surface area contributed by atoms with E-state index in [0.717, 1.165) is 0 Å². The minimum absolute atomic E-state index is 1.33. The van der Waals surface area contributed by atoms with E-state index in [0.29, 0.717) is 0 Å². The third kappa shape index (κ3) is 3.11. The van der Waals surface area contributed by atoms with Crippen LogP contribution in [0.4, 0.5) is 0 Å². The Balaban J connectivity index is 2.61. The quantitative estimate of drug-likeness (QED) is 0.572. The average molecular weight is 481 g/mol. The zero-order valence-corrected chi connectivity index (χ0v) is 17.8. The van der Waals surface area contributed by atoms with Gasteiger partial charge in [0.15, 0.2) is 0 Å². The van der Waals surface area contributed by atoms with E-state index < -0.39 is 21.5 Å². The molecule has 105 valence electrons. The zero-order chi connectivity index (χ0) is 15.0. The molecule has 0 N–H and O–H groups in total. The molecular weight excluding hydrogens is 459 g/mol. The molecule has 2 heteroatoms. The monoisotopic (exact) mass is 481 g/mol. The molecule has 0 aliphatic heterocycles. The zero-order valence-electron chi connectivity index (χ0n) is 13.2. The van der Waals surface area contributed by atoms with E-state index in [1.165, 1.54) is 39.6 Å². The fourth-order valence-electron chi connectivity index (χ4n) is 3.18. The standard InChI is InChI=1S/2C9H11.ClH.Pb/c2*1-7-4-8(2)6-9(3)5-7;;/h2*4-5H,1-3H3;1H;/q;;;+1/p-1. The Labute approximate surface area is 134 Å². The van der Waals surface area contributed by atoms with E-state index in [1.807, 2.05) is 0 Å². The second-order valence-electron chi connectivity index (χ2n) is 5.86. The van der Waals surface area contributed by atoms with Gasteiger partial charge in [-0.25, -0.2) is 0 Å². The normalized spacial score (nSPS) is 11.2. The first-order chi connectivity index (χ1) is 9.31. The van der Waals surface area contributed by atoms with Gasteiger partial charge in [-0.1, -0.05) is 0 Å². The molecule has 2 aromatic carbocycles. The summed E-state index contributed by atoms with van der Waals surface area (Å²) < 4.78 is 2.94. The van der Waals surface area contributed by atoms with E-state index in [2.05, 4.69) is 65.8 Å². The van der Waals surface area contributed by atoms with Crippen LogP contribution >= 0.6 is 8.32 Å². The number of benzene rings is 2. The maximum atomic E-state index is 7.07. The number of rotatable bonds is 2. The molecule has 0 bridgehead atoms. The summed E-state index contributed by atoms with van der Waals surface area (Å²) in [6.45, 7) is 13.2. The molecule has 0 nitrogen and oxygen atoms in total. The third-order valence-corrected chi connectivity index (χ3v) is 16.7. The molecule has 0 aromatic heterocycles. The molecule has 2 rings (SSSR count). The summed E-state index contributed by atoms with van der Waals surface area (Å²) in [6, 6.07) is 9.09. The molecule has 0 fully saturated rings. The van der Waals surface area contributed by atoms with Crippen molar-refractivity contribution in [2.75, 3.05) is 0 Å². The number of halogens is 1. The molecule has 0 atom stereocenters. The molecular formula is C18H22ClPb. The van der Waals surface area contributed by atoms with E-state index in [-0.39, 0.29) is 0 Å². The summed E-state index contributed by atoms with van der Waals surface area (Å²) in [5, 5.41) is 0. The van der Waals surface area contributed by atoms with Crippen molar-refractivity contribution in [1.29, 1.82) is 0 Å². The molecule has 20 heavy (non-hydrogen) atoms. The van der Waals surface area contributed by atoms with Crippen LogP contribution in [-0.4, -0.2) is 21.5 Å². The van der Waals surface area contributed by atoms with Gasteiger partial charge in [-0.3, -0.25) is 0 Å². The molecule has 0 aliphatic rings. The number of aryl methyl sites for hydroxylation is 6. The summed E-state index contributed by atoms with van der Waals surface area (Å²) in [7, 11) is 7.07. The summed E-state index contributed by atoms with van der Waals surface area (Å²) in [6.07, 6.45) is 0. The van der Waals surface area contributed by atoms with Gasteiger partial charge in [0.05, 0.1) is 0 Å². The predicted molar refractivity (Wildman–Crippen MR) is 92.2 cm³/mol. The van der Waals surface area contributed by atoms with Gasteiger partial charge in [0, 0.05) is 0 Å². The van der Waals surface area contributed by atoms with Crippen molar-refractivity contribution in [3.8, 4) is 0 Å². The van der Waals surface area contributed by atoms with Gasteiger partial charge in [-0.15, -0.1) is 0 Å².